The van der Waals surface area contributed by atoms with Crippen LogP contribution in [0.1, 0.15) is 36.3 Å². The van der Waals surface area contributed by atoms with Crippen molar-refractivity contribution < 1.29 is 4.74 Å². The highest BCUT2D eigenvalue weighted by molar-refractivity contribution is 5.57. The van der Waals surface area contributed by atoms with Crippen LogP contribution in [-0.4, -0.2) is 19.8 Å². The highest BCUT2D eigenvalue weighted by Gasteiger charge is 2.21. The van der Waals surface area contributed by atoms with Crippen LogP contribution >= 0.6 is 0 Å². The summed E-state index contributed by atoms with van der Waals surface area (Å²) in [6, 6.07) is 6.69. The Bertz CT molecular complexity index is 369. The van der Waals surface area contributed by atoms with Crippen LogP contribution in [-0.2, 0) is 11.2 Å². The van der Waals surface area contributed by atoms with Crippen molar-refractivity contribution in [2.24, 2.45) is 0 Å². The van der Waals surface area contributed by atoms with E-state index in [0.717, 1.165) is 19.8 Å². The van der Waals surface area contributed by atoms with Crippen LogP contribution in [0.3, 0.4) is 0 Å². The second-order valence-electron chi connectivity index (χ2n) is 4.82. The number of hydrogen-bond acceptors (Lipinski definition) is 2. The molecule has 1 atom stereocenters. The minimum atomic E-state index is 0.628. The number of ether oxygens (including phenoxy) is 1. The number of hydrogen-bond donors (Lipinski definition) is 1. The number of fused-ring (bicyclic) bond motifs is 1. The van der Waals surface area contributed by atoms with Gasteiger partial charge < -0.3 is 10.1 Å². The molecule has 2 heterocycles. The second kappa shape index (κ2) is 4.46. The van der Waals surface area contributed by atoms with Gasteiger partial charge >= 0.3 is 0 Å². The minimum absolute atomic E-state index is 0.628. The maximum atomic E-state index is 5.61. The summed E-state index contributed by atoms with van der Waals surface area (Å²) < 4.78 is 5.61. The predicted molar refractivity (Wildman–Crippen MR) is 66.0 cm³/mol. The van der Waals surface area contributed by atoms with Gasteiger partial charge in [-0.2, -0.15) is 0 Å². The fraction of sp³-hybridized carbons (Fsp3) is 0.571. The van der Waals surface area contributed by atoms with Crippen LogP contribution in [0.4, 0.5) is 5.69 Å². The van der Waals surface area contributed by atoms with E-state index < -0.39 is 0 Å². The van der Waals surface area contributed by atoms with Crippen molar-refractivity contribution in [3.05, 3.63) is 29.3 Å². The largest absolute Gasteiger partial charge is 0.385 e. The van der Waals surface area contributed by atoms with E-state index in [1.165, 1.54) is 36.9 Å². The molecule has 1 N–H and O–H groups in total. The Morgan fingerprint density at radius 1 is 1.25 bits per heavy atom. The molecule has 0 bridgehead atoms. The quantitative estimate of drug-likeness (QED) is 0.781. The SMILES string of the molecule is c1cc2c(c(C3CCCOC3)c1)CCCN2. The average molecular weight is 217 g/mol. The first-order valence-electron chi connectivity index (χ1n) is 6.38. The smallest absolute Gasteiger partial charge is 0.0534 e. The molecule has 1 aromatic carbocycles. The van der Waals surface area contributed by atoms with Crippen molar-refractivity contribution in [2.45, 2.75) is 31.6 Å². The number of benzene rings is 1. The lowest BCUT2D eigenvalue weighted by Crippen LogP contribution is -2.20. The van der Waals surface area contributed by atoms with Gasteiger partial charge in [0.2, 0.25) is 0 Å². The van der Waals surface area contributed by atoms with Crippen LogP contribution in [0.5, 0.6) is 0 Å². The molecule has 0 radical (unpaired) electrons. The fourth-order valence-corrected chi connectivity index (χ4v) is 2.91. The van der Waals surface area contributed by atoms with Gasteiger partial charge in [0.1, 0.15) is 0 Å². The van der Waals surface area contributed by atoms with Crippen molar-refractivity contribution in [3.8, 4) is 0 Å². The molecule has 2 aliphatic rings. The Kier molecular flexibility index (Phi) is 2.83. The van der Waals surface area contributed by atoms with Crippen molar-refractivity contribution in [3.63, 3.8) is 0 Å². The molecule has 0 saturated carbocycles. The zero-order valence-electron chi connectivity index (χ0n) is 9.67. The number of nitrogens with one attached hydrogen (secondary N) is 1. The molecule has 1 aromatic rings. The van der Waals surface area contributed by atoms with Gasteiger partial charge in [-0.3, -0.25) is 0 Å². The summed E-state index contributed by atoms with van der Waals surface area (Å²) in [6.45, 7) is 2.98. The van der Waals surface area contributed by atoms with Gasteiger partial charge in [0.25, 0.3) is 0 Å². The lowest BCUT2D eigenvalue weighted by molar-refractivity contribution is 0.0802. The molecule has 16 heavy (non-hydrogen) atoms. The molecule has 3 rings (SSSR count). The van der Waals surface area contributed by atoms with Gasteiger partial charge in [-0.15, -0.1) is 0 Å². The zero-order chi connectivity index (χ0) is 10.8. The van der Waals surface area contributed by atoms with Crippen LogP contribution in [0.25, 0.3) is 0 Å². The Morgan fingerprint density at radius 2 is 2.25 bits per heavy atom. The Morgan fingerprint density at radius 3 is 3.12 bits per heavy atom. The van der Waals surface area contributed by atoms with E-state index in [2.05, 4.69) is 23.5 Å². The molecular formula is C14H19NO. The number of anilines is 1. The summed E-state index contributed by atoms with van der Waals surface area (Å²) in [7, 11) is 0. The normalized spacial score (nSPS) is 24.6. The molecule has 86 valence electrons. The van der Waals surface area contributed by atoms with Crippen LogP contribution < -0.4 is 5.32 Å². The van der Waals surface area contributed by atoms with Crippen molar-refractivity contribution >= 4 is 5.69 Å². The van der Waals surface area contributed by atoms with Gasteiger partial charge in [-0.05, 0) is 42.9 Å². The fourth-order valence-electron chi connectivity index (χ4n) is 2.91. The summed E-state index contributed by atoms with van der Waals surface area (Å²) in [5.74, 6) is 0.628. The van der Waals surface area contributed by atoms with E-state index in [1.807, 2.05) is 0 Å². The van der Waals surface area contributed by atoms with Crippen molar-refractivity contribution in [1.82, 2.24) is 0 Å². The van der Waals surface area contributed by atoms with E-state index in [9.17, 15) is 0 Å². The molecule has 0 aliphatic carbocycles. The van der Waals surface area contributed by atoms with E-state index >= 15 is 0 Å². The topological polar surface area (TPSA) is 21.3 Å². The summed E-state index contributed by atoms with van der Waals surface area (Å²) >= 11 is 0. The van der Waals surface area contributed by atoms with Crippen LogP contribution in [0, 0.1) is 0 Å². The first-order chi connectivity index (χ1) is 7.95. The Balaban J connectivity index is 1.93. The molecule has 1 saturated heterocycles. The van der Waals surface area contributed by atoms with Gasteiger partial charge in [-0.1, -0.05) is 12.1 Å². The maximum Gasteiger partial charge on any atom is 0.0534 e. The molecule has 1 unspecified atom stereocenters. The average Bonchev–Trinajstić information content (AvgIpc) is 2.39. The van der Waals surface area contributed by atoms with Gasteiger partial charge in [0, 0.05) is 24.8 Å². The predicted octanol–water partition coefficient (Wildman–Crippen LogP) is 2.94. The lowest BCUT2D eigenvalue weighted by Gasteiger charge is -2.28. The Hall–Kier alpha value is -1.02. The molecule has 1 fully saturated rings. The summed E-state index contributed by atoms with van der Waals surface area (Å²) in [5, 5.41) is 3.50. The van der Waals surface area contributed by atoms with Gasteiger partial charge in [-0.25, -0.2) is 0 Å². The van der Waals surface area contributed by atoms with Crippen LogP contribution in [0.15, 0.2) is 18.2 Å². The molecule has 0 amide bonds. The zero-order valence-corrected chi connectivity index (χ0v) is 9.67. The standard InChI is InChI=1S/C14H19NO/c1-5-12(11-4-3-9-16-10-11)13-6-2-8-15-14(13)7-1/h1,5,7,11,15H,2-4,6,8-10H2. The van der Waals surface area contributed by atoms with E-state index in [-0.39, 0.29) is 0 Å². The third kappa shape index (κ3) is 1.82. The summed E-state index contributed by atoms with van der Waals surface area (Å²) in [4.78, 5) is 0. The molecule has 2 heteroatoms. The van der Waals surface area contributed by atoms with E-state index in [1.54, 1.807) is 5.56 Å². The first-order valence-corrected chi connectivity index (χ1v) is 6.38. The van der Waals surface area contributed by atoms with E-state index in [0.29, 0.717) is 5.92 Å². The monoisotopic (exact) mass is 217 g/mol. The molecule has 0 spiro atoms. The first kappa shape index (κ1) is 10.2. The number of rotatable bonds is 1. The molecule has 2 nitrogen and oxygen atoms in total. The van der Waals surface area contributed by atoms with Crippen molar-refractivity contribution in [1.29, 1.82) is 0 Å². The van der Waals surface area contributed by atoms with Crippen LogP contribution in [0.2, 0.25) is 0 Å². The summed E-state index contributed by atoms with van der Waals surface area (Å²) in [5.41, 5.74) is 4.43. The third-order valence-corrected chi connectivity index (χ3v) is 3.73. The molecular weight excluding hydrogens is 198 g/mol. The second-order valence-corrected chi connectivity index (χ2v) is 4.82. The Labute approximate surface area is 97.0 Å². The maximum absolute atomic E-state index is 5.61. The highest BCUT2D eigenvalue weighted by atomic mass is 16.5. The van der Waals surface area contributed by atoms with Gasteiger partial charge in [0.15, 0.2) is 0 Å². The summed E-state index contributed by atoms with van der Waals surface area (Å²) in [6.07, 6.45) is 4.99. The van der Waals surface area contributed by atoms with Gasteiger partial charge in [0.05, 0.1) is 6.61 Å². The molecule has 0 aromatic heterocycles. The minimum Gasteiger partial charge on any atom is -0.385 e. The van der Waals surface area contributed by atoms with E-state index in [4.69, 9.17) is 4.74 Å². The molecule has 2 aliphatic heterocycles. The van der Waals surface area contributed by atoms with Crippen molar-refractivity contribution in [2.75, 3.05) is 25.1 Å². The lowest BCUT2D eigenvalue weighted by atomic mass is 9.86. The third-order valence-electron chi connectivity index (χ3n) is 3.73. The highest BCUT2D eigenvalue weighted by Crippen LogP contribution is 2.33.